The van der Waals surface area contributed by atoms with Gasteiger partial charge in [-0.1, -0.05) is 17.4 Å². The highest BCUT2D eigenvalue weighted by Gasteiger charge is 2.47. The number of hydrogen-bond donors (Lipinski definition) is 1. The van der Waals surface area contributed by atoms with E-state index < -0.39 is 27.0 Å². The molecule has 0 amide bonds. The molecule has 2 atom stereocenters. The van der Waals surface area contributed by atoms with Crippen LogP contribution in [0.1, 0.15) is 38.1 Å². The number of fused-ring (bicyclic) bond motifs is 3. The molecule has 39 heavy (non-hydrogen) atoms. The fourth-order valence-corrected chi connectivity index (χ4v) is 7.17. The summed E-state index contributed by atoms with van der Waals surface area (Å²) in [6, 6.07) is 7.12. The number of aromatic nitrogens is 5. The second-order valence-electron chi connectivity index (χ2n) is 10.2. The molecule has 4 aromatic rings. The molecule has 1 aliphatic carbocycles. The molecule has 0 spiro atoms. The minimum atomic E-state index is -4.05. The van der Waals surface area contributed by atoms with Crippen LogP contribution in [-0.2, 0) is 10.0 Å². The van der Waals surface area contributed by atoms with Gasteiger partial charge in [-0.15, -0.1) is 10.2 Å². The Kier molecular flexibility index (Phi) is 6.06. The van der Waals surface area contributed by atoms with Gasteiger partial charge < -0.3 is 4.90 Å². The van der Waals surface area contributed by atoms with Gasteiger partial charge in [0.15, 0.2) is 10.7 Å². The van der Waals surface area contributed by atoms with Crippen molar-refractivity contribution in [2.75, 3.05) is 25.0 Å². The van der Waals surface area contributed by atoms with Crippen molar-refractivity contribution < 1.29 is 17.2 Å². The quantitative estimate of drug-likeness (QED) is 0.369. The largest absolute Gasteiger partial charge is 0.353 e. The van der Waals surface area contributed by atoms with Crippen molar-refractivity contribution in [1.82, 2.24) is 34.4 Å². The average Bonchev–Trinajstić information content (AvgIpc) is 3.34. The molecule has 3 aromatic heterocycles. The van der Waals surface area contributed by atoms with Gasteiger partial charge in [-0.05, 0) is 45.9 Å². The standard InChI is InChI=1S/C24H25F2N9O2S2/c1-13-9-34(10-14(2)33(13)3)20-18-16-5-4-15(39(36,37)32-24(11-27)6-7-24)8-17(16)35(21(18)29-12-28-20)23-31-30-22(38-23)19(25)26/h4-5,8,12-14,19,32H,6-7,9-10H2,1-3H3/t13-,14+. The van der Waals surface area contributed by atoms with Crippen LogP contribution < -0.4 is 9.62 Å². The Balaban J connectivity index is 1.58. The zero-order valence-corrected chi connectivity index (χ0v) is 23.0. The summed E-state index contributed by atoms with van der Waals surface area (Å²) in [7, 11) is -1.96. The number of anilines is 1. The maximum Gasteiger partial charge on any atom is 0.291 e. The normalized spacial score (nSPS) is 21.6. The minimum absolute atomic E-state index is 0.0597. The Morgan fingerprint density at radius 1 is 1.18 bits per heavy atom. The van der Waals surface area contributed by atoms with Crippen LogP contribution in [0, 0.1) is 11.3 Å². The monoisotopic (exact) mass is 573 g/mol. The van der Waals surface area contributed by atoms with E-state index in [1.165, 1.54) is 18.5 Å². The van der Waals surface area contributed by atoms with Crippen LogP contribution in [0.2, 0.25) is 0 Å². The molecule has 1 N–H and O–H groups in total. The molecule has 11 nitrogen and oxygen atoms in total. The lowest BCUT2D eigenvalue weighted by molar-refractivity contribution is 0.150. The summed E-state index contributed by atoms with van der Waals surface area (Å²) in [6.45, 7) is 5.69. The van der Waals surface area contributed by atoms with Crippen molar-refractivity contribution in [1.29, 1.82) is 5.26 Å². The third-order valence-corrected chi connectivity index (χ3v) is 10.0. The first-order chi connectivity index (χ1) is 18.5. The molecule has 0 unspecified atom stereocenters. The Bertz CT molecular complexity index is 1730. The Morgan fingerprint density at radius 2 is 1.90 bits per heavy atom. The van der Waals surface area contributed by atoms with Crippen LogP contribution in [-0.4, -0.2) is 75.8 Å². The maximum absolute atomic E-state index is 13.4. The molecule has 1 aromatic carbocycles. The van der Waals surface area contributed by atoms with Crippen LogP contribution in [0.15, 0.2) is 29.4 Å². The summed E-state index contributed by atoms with van der Waals surface area (Å²) in [5.74, 6) is 0.671. The molecular formula is C24H25F2N9O2S2. The number of rotatable bonds is 6. The van der Waals surface area contributed by atoms with E-state index in [0.717, 1.165) is 0 Å². The molecule has 15 heteroatoms. The molecular weight excluding hydrogens is 548 g/mol. The topological polar surface area (TPSA) is 133 Å². The highest BCUT2D eigenvalue weighted by molar-refractivity contribution is 7.89. The van der Waals surface area contributed by atoms with Gasteiger partial charge in [0.05, 0.1) is 21.9 Å². The van der Waals surface area contributed by atoms with E-state index in [2.05, 4.69) is 55.6 Å². The van der Waals surface area contributed by atoms with Gasteiger partial charge in [-0.3, -0.25) is 9.47 Å². The highest BCUT2D eigenvalue weighted by Crippen LogP contribution is 2.40. The van der Waals surface area contributed by atoms with E-state index in [4.69, 9.17) is 0 Å². The number of piperazine rings is 1. The fourth-order valence-electron chi connectivity index (χ4n) is 5.06. The zero-order chi connectivity index (χ0) is 27.7. The van der Waals surface area contributed by atoms with E-state index in [9.17, 15) is 22.5 Å². The molecule has 204 valence electrons. The number of likely N-dealkylation sites (N-methyl/N-ethyl adjacent to an activating group) is 1. The molecule has 0 radical (unpaired) electrons. The van der Waals surface area contributed by atoms with Crippen molar-refractivity contribution >= 4 is 49.1 Å². The first kappa shape index (κ1) is 25.9. The van der Waals surface area contributed by atoms with Crippen LogP contribution in [0.5, 0.6) is 0 Å². The maximum atomic E-state index is 13.4. The van der Waals surface area contributed by atoms with E-state index in [0.29, 0.717) is 65.0 Å². The van der Waals surface area contributed by atoms with Gasteiger partial charge in [-0.25, -0.2) is 27.2 Å². The number of alkyl halides is 2. The Labute approximate surface area is 227 Å². The molecule has 1 saturated carbocycles. The number of nitrogens with zero attached hydrogens (tertiary/aromatic N) is 8. The molecule has 2 aliphatic rings. The number of benzene rings is 1. The highest BCUT2D eigenvalue weighted by atomic mass is 32.2. The third-order valence-electron chi connectivity index (χ3n) is 7.57. The van der Waals surface area contributed by atoms with E-state index >= 15 is 0 Å². The van der Waals surface area contributed by atoms with E-state index in [-0.39, 0.29) is 22.1 Å². The van der Waals surface area contributed by atoms with Gasteiger partial charge >= 0.3 is 0 Å². The second-order valence-corrected chi connectivity index (χ2v) is 12.9. The van der Waals surface area contributed by atoms with E-state index in [1.807, 2.05) is 6.07 Å². The number of sulfonamides is 1. The number of halogens is 2. The van der Waals surface area contributed by atoms with Gasteiger partial charge in [0.25, 0.3) is 6.43 Å². The van der Waals surface area contributed by atoms with Gasteiger partial charge in [0.2, 0.25) is 15.2 Å². The van der Waals surface area contributed by atoms with Crippen molar-refractivity contribution in [3.05, 3.63) is 29.5 Å². The van der Waals surface area contributed by atoms with Crippen LogP contribution in [0.25, 0.3) is 27.1 Å². The fraction of sp³-hybridized carbons (Fsp3) is 0.458. The first-order valence-electron chi connectivity index (χ1n) is 12.4. The summed E-state index contributed by atoms with van der Waals surface area (Å²) < 4.78 is 57.4. The number of nitrogens with one attached hydrogen (secondary N) is 1. The number of nitriles is 1. The Hall–Kier alpha value is -3.32. The lowest BCUT2D eigenvalue weighted by Crippen LogP contribution is -2.55. The van der Waals surface area contributed by atoms with E-state index in [1.54, 1.807) is 10.6 Å². The summed E-state index contributed by atoms with van der Waals surface area (Å²) in [5.41, 5.74) is -0.285. The van der Waals surface area contributed by atoms with Crippen molar-refractivity contribution in [3.63, 3.8) is 0 Å². The lowest BCUT2D eigenvalue weighted by Gasteiger charge is -2.43. The summed E-state index contributed by atoms with van der Waals surface area (Å²) in [5, 5.41) is 18.0. The van der Waals surface area contributed by atoms with Crippen LogP contribution in [0.4, 0.5) is 14.6 Å². The smallest absolute Gasteiger partial charge is 0.291 e. The molecule has 6 rings (SSSR count). The third kappa shape index (κ3) is 4.31. The predicted octanol–water partition coefficient (Wildman–Crippen LogP) is 3.23. The number of hydrogen-bond acceptors (Lipinski definition) is 10. The molecule has 4 heterocycles. The van der Waals surface area contributed by atoms with Gasteiger partial charge in [-0.2, -0.15) is 9.98 Å². The summed E-state index contributed by atoms with van der Waals surface area (Å²) in [6.07, 6.45) is -0.511. The van der Waals surface area contributed by atoms with Gasteiger partial charge in [0.1, 0.15) is 17.7 Å². The second kappa shape index (κ2) is 9.12. The summed E-state index contributed by atoms with van der Waals surface area (Å²) in [4.78, 5) is 13.5. The molecule has 1 aliphatic heterocycles. The summed E-state index contributed by atoms with van der Waals surface area (Å²) >= 11 is 0.710. The van der Waals surface area contributed by atoms with Crippen LogP contribution in [0.3, 0.4) is 0 Å². The average molecular weight is 574 g/mol. The molecule has 1 saturated heterocycles. The Morgan fingerprint density at radius 3 is 2.51 bits per heavy atom. The van der Waals surface area contributed by atoms with Crippen LogP contribution >= 0.6 is 11.3 Å². The lowest BCUT2D eigenvalue weighted by atomic mass is 10.1. The minimum Gasteiger partial charge on any atom is -0.353 e. The van der Waals surface area contributed by atoms with Crippen molar-refractivity contribution in [3.8, 4) is 11.2 Å². The van der Waals surface area contributed by atoms with Crippen molar-refractivity contribution in [2.24, 2.45) is 0 Å². The SMILES string of the molecule is C[C@@H]1CN(c2ncnc3c2c2ccc(S(=O)(=O)NC4(C#N)CC4)cc2n3-c2nnc(C(F)F)s2)C[C@H](C)N1C. The van der Waals surface area contributed by atoms with Gasteiger partial charge in [0, 0.05) is 30.6 Å². The molecule has 2 fully saturated rings. The van der Waals surface area contributed by atoms with Crippen molar-refractivity contribution in [2.45, 2.75) is 55.6 Å². The zero-order valence-electron chi connectivity index (χ0n) is 21.3. The molecule has 0 bridgehead atoms. The predicted molar refractivity (Wildman–Crippen MR) is 142 cm³/mol. The first-order valence-corrected chi connectivity index (χ1v) is 14.7.